The van der Waals surface area contributed by atoms with Crippen LogP contribution >= 0.6 is 0 Å². The molecule has 0 saturated heterocycles. The van der Waals surface area contributed by atoms with E-state index in [1.54, 1.807) is 6.20 Å². The zero-order chi connectivity index (χ0) is 22.3. The molecule has 0 atom stereocenters. The average molecular weight is 409 g/mol. The van der Waals surface area contributed by atoms with E-state index in [1.165, 1.54) is 0 Å². The predicted molar refractivity (Wildman–Crippen MR) is 122 cm³/mol. The second kappa shape index (κ2) is 10.7. The van der Waals surface area contributed by atoms with Gasteiger partial charge < -0.3 is 14.2 Å². The zero-order valence-corrected chi connectivity index (χ0v) is 18.8. The first-order chi connectivity index (χ1) is 14.3. The van der Waals surface area contributed by atoms with E-state index in [2.05, 4.69) is 47.0 Å². The minimum atomic E-state index is -0.209. The number of allylic oxidation sites excluding steroid dienone is 5. The van der Waals surface area contributed by atoms with Crippen LogP contribution in [0.25, 0.3) is 22.3 Å². The smallest absolute Gasteiger partial charge is 0.177 e. The fourth-order valence-electron chi connectivity index (χ4n) is 2.94. The van der Waals surface area contributed by atoms with E-state index in [-0.39, 0.29) is 6.61 Å². The molecule has 6 heteroatoms. The SMILES string of the molecule is C=C/C(=C\C=C/C)Cn1c(C)nc2ncc(-c3c(C)noc3CO)cc21.CC(C)C. The summed E-state index contributed by atoms with van der Waals surface area (Å²) in [6.45, 7) is 16.6. The lowest BCUT2D eigenvalue weighted by Gasteiger charge is -2.08. The monoisotopic (exact) mass is 408 g/mol. The summed E-state index contributed by atoms with van der Waals surface area (Å²) in [5.41, 5.74) is 5.02. The molecule has 0 aliphatic heterocycles. The van der Waals surface area contributed by atoms with Crippen molar-refractivity contribution >= 4 is 11.2 Å². The standard InChI is InChI=1S/C20H22N4O2.C4H10/c1-5-7-8-15(6-2)11-24-14(4)22-20-17(24)9-16(10-21-20)19-13(3)23-26-18(19)12-25;1-4(2)3/h5-10,25H,2,11-12H2,1,3-4H3;4H,1-3H3/b7-5-,15-8+;. The van der Waals surface area contributed by atoms with Gasteiger partial charge in [-0.15, -0.1) is 0 Å². The number of fused-ring (bicyclic) bond motifs is 1. The molecule has 3 rings (SSSR count). The number of aliphatic hydroxyl groups excluding tert-OH is 1. The summed E-state index contributed by atoms with van der Waals surface area (Å²) >= 11 is 0. The van der Waals surface area contributed by atoms with Gasteiger partial charge in [0.15, 0.2) is 11.4 Å². The van der Waals surface area contributed by atoms with Crippen molar-refractivity contribution in [3.63, 3.8) is 0 Å². The van der Waals surface area contributed by atoms with Crippen LogP contribution in [0.4, 0.5) is 0 Å². The van der Waals surface area contributed by atoms with Crippen molar-refractivity contribution in [1.29, 1.82) is 0 Å². The van der Waals surface area contributed by atoms with Gasteiger partial charge >= 0.3 is 0 Å². The normalized spacial score (nSPS) is 11.9. The molecular formula is C24H32N4O2. The number of aliphatic hydroxyl groups is 1. The number of hydrogen-bond donors (Lipinski definition) is 1. The fourth-order valence-corrected chi connectivity index (χ4v) is 2.94. The van der Waals surface area contributed by atoms with E-state index < -0.39 is 0 Å². The molecule has 0 aliphatic rings. The molecule has 30 heavy (non-hydrogen) atoms. The van der Waals surface area contributed by atoms with Gasteiger partial charge in [-0.1, -0.05) is 56.8 Å². The van der Waals surface area contributed by atoms with Crippen LogP contribution in [0, 0.1) is 19.8 Å². The Kier molecular flexibility index (Phi) is 8.30. The molecule has 160 valence electrons. The van der Waals surface area contributed by atoms with Gasteiger partial charge in [-0.2, -0.15) is 0 Å². The summed E-state index contributed by atoms with van der Waals surface area (Å²) < 4.78 is 7.29. The summed E-state index contributed by atoms with van der Waals surface area (Å²) in [5, 5.41) is 13.5. The molecule has 0 spiro atoms. The maximum Gasteiger partial charge on any atom is 0.177 e. The summed E-state index contributed by atoms with van der Waals surface area (Å²) in [6, 6.07) is 2.01. The highest BCUT2D eigenvalue weighted by Gasteiger charge is 2.17. The molecule has 0 radical (unpaired) electrons. The molecule has 1 N–H and O–H groups in total. The number of rotatable bonds is 6. The Bertz CT molecular complexity index is 1050. The molecule has 0 saturated carbocycles. The number of imidazole rings is 1. The van der Waals surface area contributed by atoms with Gasteiger partial charge in [-0.25, -0.2) is 9.97 Å². The van der Waals surface area contributed by atoms with E-state index in [1.807, 2.05) is 51.1 Å². The van der Waals surface area contributed by atoms with E-state index >= 15 is 0 Å². The van der Waals surface area contributed by atoms with Crippen molar-refractivity contribution in [2.24, 2.45) is 5.92 Å². The van der Waals surface area contributed by atoms with Crippen LogP contribution in [0.3, 0.4) is 0 Å². The van der Waals surface area contributed by atoms with Gasteiger partial charge in [0.1, 0.15) is 12.4 Å². The minimum absolute atomic E-state index is 0.209. The Labute approximate surface area is 178 Å². The van der Waals surface area contributed by atoms with E-state index in [0.29, 0.717) is 18.0 Å². The number of aryl methyl sites for hydroxylation is 2. The fraction of sp³-hybridized carbons (Fsp3) is 0.375. The van der Waals surface area contributed by atoms with Gasteiger partial charge in [-0.05, 0) is 38.3 Å². The predicted octanol–water partition coefficient (Wildman–Crippen LogP) is 5.55. The van der Waals surface area contributed by atoms with Crippen molar-refractivity contribution in [3.05, 3.63) is 66.0 Å². The summed E-state index contributed by atoms with van der Waals surface area (Å²) in [5.74, 6) is 2.15. The second-order valence-corrected chi connectivity index (χ2v) is 7.74. The summed E-state index contributed by atoms with van der Waals surface area (Å²) in [4.78, 5) is 9.04. The quantitative estimate of drug-likeness (QED) is 0.541. The third-order valence-corrected chi connectivity index (χ3v) is 4.27. The van der Waals surface area contributed by atoms with Gasteiger partial charge in [0.05, 0.1) is 16.8 Å². The molecular weight excluding hydrogens is 376 g/mol. The molecule has 0 aliphatic carbocycles. The average Bonchev–Trinajstić information content (AvgIpc) is 3.23. The highest BCUT2D eigenvalue weighted by atomic mass is 16.5. The van der Waals surface area contributed by atoms with E-state index in [0.717, 1.165) is 39.7 Å². The van der Waals surface area contributed by atoms with Crippen molar-refractivity contribution in [3.8, 4) is 11.1 Å². The lowest BCUT2D eigenvalue weighted by atomic mass is 10.1. The van der Waals surface area contributed by atoms with Crippen molar-refractivity contribution < 1.29 is 9.63 Å². The molecule has 6 nitrogen and oxygen atoms in total. The largest absolute Gasteiger partial charge is 0.388 e. The first-order valence-corrected chi connectivity index (χ1v) is 10.2. The van der Waals surface area contributed by atoms with E-state index in [4.69, 9.17) is 4.52 Å². The van der Waals surface area contributed by atoms with Crippen LogP contribution < -0.4 is 0 Å². The lowest BCUT2D eigenvalue weighted by molar-refractivity contribution is 0.229. The summed E-state index contributed by atoms with van der Waals surface area (Å²) in [7, 11) is 0. The Morgan fingerprint density at radius 1 is 1.30 bits per heavy atom. The molecule has 0 amide bonds. The first kappa shape index (κ1) is 23.3. The number of nitrogens with zero attached hydrogens (tertiary/aromatic N) is 4. The van der Waals surface area contributed by atoms with Crippen LogP contribution in [0.5, 0.6) is 0 Å². The Morgan fingerprint density at radius 2 is 2.00 bits per heavy atom. The molecule has 0 aromatic carbocycles. The van der Waals surface area contributed by atoms with Crippen LogP contribution in [0.15, 0.2) is 53.2 Å². The maximum absolute atomic E-state index is 9.50. The lowest BCUT2D eigenvalue weighted by Crippen LogP contribution is -2.02. The molecule has 3 aromatic rings. The Hall–Kier alpha value is -2.99. The van der Waals surface area contributed by atoms with Crippen molar-refractivity contribution in [2.75, 3.05) is 0 Å². The second-order valence-electron chi connectivity index (χ2n) is 7.74. The van der Waals surface area contributed by atoms with Crippen LogP contribution in [-0.2, 0) is 13.2 Å². The molecule has 0 bridgehead atoms. The Balaban J connectivity index is 0.000000735. The molecule has 3 aromatic heterocycles. The van der Waals surface area contributed by atoms with Crippen LogP contribution in [0.1, 0.15) is 45.0 Å². The molecule has 3 heterocycles. The molecule has 0 fully saturated rings. The van der Waals surface area contributed by atoms with Gasteiger partial charge in [0.2, 0.25) is 0 Å². The zero-order valence-electron chi connectivity index (χ0n) is 18.8. The minimum Gasteiger partial charge on any atom is -0.388 e. The summed E-state index contributed by atoms with van der Waals surface area (Å²) in [6.07, 6.45) is 9.58. The highest BCUT2D eigenvalue weighted by molar-refractivity contribution is 5.80. The first-order valence-electron chi connectivity index (χ1n) is 10.2. The molecule has 0 unspecified atom stereocenters. The van der Waals surface area contributed by atoms with Crippen LogP contribution in [0.2, 0.25) is 0 Å². The van der Waals surface area contributed by atoms with Crippen molar-refractivity contribution in [1.82, 2.24) is 19.7 Å². The number of hydrogen-bond acceptors (Lipinski definition) is 5. The Morgan fingerprint density at radius 3 is 2.60 bits per heavy atom. The topological polar surface area (TPSA) is 77.0 Å². The van der Waals surface area contributed by atoms with Gasteiger partial charge in [-0.3, -0.25) is 0 Å². The van der Waals surface area contributed by atoms with Gasteiger partial charge in [0.25, 0.3) is 0 Å². The van der Waals surface area contributed by atoms with Gasteiger partial charge in [0, 0.05) is 18.3 Å². The van der Waals surface area contributed by atoms with Crippen LogP contribution in [-0.4, -0.2) is 24.8 Å². The number of pyridine rings is 1. The maximum atomic E-state index is 9.50. The van der Waals surface area contributed by atoms with E-state index in [9.17, 15) is 5.11 Å². The number of aromatic nitrogens is 4. The van der Waals surface area contributed by atoms with Crippen molar-refractivity contribution in [2.45, 2.75) is 54.7 Å². The third-order valence-electron chi connectivity index (χ3n) is 4.27. The third kappa shape index (κ3) is 5.54. The highest BCUT2D eigenvalue weighted by Crippen LogP contribution is 2.29.